The van der Waals surface area contributed by atoms with Crippen LogP contribution >= 0.6 is 0 Å². The van der Waals surface area contributed by atoms with Crippen molar-refractivity contribution in [3.8, 4) is 0 Å². The molecule has 0 spiro atoms. The molecule has 0 radical (unpaired) electrons. The van der Waals surface area contributed by atoms with Crippen LogP contribution in [0.3, 0.4) is 0 Å². The van der Waals surface area contributed by atoms with Crippen LogP contribution in [0.15, 0.2) is 62.5 Å². The van der Waals surface area contributed by atoms with E-state index < -0.39 is 53.6 Å². The number of furan rings is 1. The van der Waals surface area contributed by atoms with Gasteiger partial charge in [0.05, 0.1) is 11.3 Å². The van der Waals surface area contributed by atoms with Crippen LogP contribution in [0.2, 0.25) is 0 Å². The van der Waals surface area contributed by atoms with Gasteiger partial charge in [0.25, 0.3) is 5.56 Å². The number of para-hydroxylation sites is 2. The molecule has 0 saturated heterocycles. The predicted molar refractivity (Wildman–Crippen MR) is 133 cm³/mol. The van der Waals surface area contributed by atoms with Gasteiger partial charge >= 0.3 is 11.9 Å². The average molecular weight is 528 g/mol. The third-order valence-corrected chi connectivity index (χ3v) is 6.57. The summed E-state index contributed by atoms with van der Waals surface area (Å²) in [7, 11) is 0. The number of halogens is 3. The molecule has 0 aliphatic heterocycles. The highest BCUT2D eigenvalue weighted by Gasteiger charge is 2.33. The zero-order chi connectivity index (χ0) is 27.0. The van der Waals surface area contributed by atoms with Crippen LogP contribution < -0.4 is 21.9 Å². The molecule has 12 heteroatoms. The second-order valence-corrected chi connectivity index (χ2v) is 9.18. The van der Waals surface area contributed by atoms with Crippen molar-refractivity contribution in [2.45, 2.75) is 51.0 Å². The number of amides is 2. The summed E-state index contributed by atoms with van der Waals surface area (Å²) in [6.45, 7) is -1.32. The summed E-state index contributed by atoms with van der Waals surface area (Å²) in [5.41, 5.74) is -3.30. The molecule has 0 bridgehead atoms. The van der Waals surface area contributed by atoms with E-state index in [2.05, 4.69) is 10.6 Å². The molecule has 2 aromatic carbocycles. The van der Waals surface area contributed by atoms with Crippen molar-refractivity contribution >= 4 is 39.6 Å². The number of rotatable bonds is 6. The smallest absolute Gasteiger partial charge is 0.418 e. The normalized spacial score (nSPS) is 14.3. The minimum Gasteiger partial charge on any atom is -0.449 e. The van der Waals surface area contributed by atoms with E-state index in [4.69, 9.17) is 4.42 Å². The van der Waals surface area contributed by atoms with Crippen LogP contribution in [0, 0.1) is 0 Å². The number of nitrogens with one attached hydrogen (secondary N) is 2. The zero-order valence-corrected chi connectivity index (χ0v) is 20.0. The molecule has 1 aliphatic rings. The first-order valence-electron chi connectivity index (χ1n) is 12.0. The Kier molecular flexibility index (Phi) is 6.55. The molecule has 2 aromatic heterocycles. The molecule has 38 heavy (non-hydrogen) atoms. The van der Waals surface area contributed by atoms with Crippen LogP contribution in [-0.2, 0) is 28.9 Å². The summed E-state index contributed by atoms with van der Waals surface area (Å²) in [5, 5.41) is 5.38. The van der Waals surface area contributed by atoms with E-state index in [1.807, 2.05) is 0 Å². The fourth-order valence-corrected chi connectivity index (χ4v) is 4.84. The summed E-state index contributed by atoms with van der Waals surface area (Å²) in [6.07, 6.45) is -1.18. The van der Waals surface area contributed by atoms with E-state index in [-0.39, 0.29) is 22.7 Å². The highest BCUT2D eigenvalue weighted by Crippen LogP contribution is 2.34. The lowest BCUT2D eigenvalue weighted by atomic mass is 10.1. The topological polar surface area (TPSA) is 115 Å². The summed E-state index contributed by atoms with van der Waals surface area (Å²) >= 11 is 0. The summed E-state index contributed by atoms with van der Waals surface area (Å²) in [6, 6.07) is 10.9. The molecule has 1 fully saturated rings. The van der Waals surface area contributed by atoms with Gasteiger partial charge in [0.15, 0.2) is 0 Å². The standard InChI is InChI=1S/C26H23F3N4O5/c27-26(28,29)17-10-4-5-11-18(17)31-21(35)13-32-22-16-9-3-6-12-19(16)38-23(22)24(36)33(25(32)37)14-20(34)30-15-7-1-2-8-15/h3-6,9-12,15H,1-2,7-8,13-14H2,(H,30,34)(H,31,35). The number of carbonyl (C=O) groups is 2. The Morgan fingerprint density at radius 3 is 2.32 bits per heavy atom. The molecule has 0 atom stereocenters. The molecule has 4 aromatic rings. The molecule has 5 rings (SSSR count). The molecule has 2 heterocycles. The number of carbonyl (C=O) groups excluding carboxylic acids is 2. The Balaban J connectivity index is 1.56. The van der Waals surface area contributed by atoms with Crippen LogP contribution in [0.5, 0.6) is 0 Å². The van der Waals surface area contributed by atoms with Gasteiger partial charge in [-0.2, -0.15) is 13.2 Å². The number of hydrogen-bond acceptors (Lipinski definition) is 5. The van der Waals surface area contributed by atoms with Crippen molar-refractivity contribution in [3.05, 3.63) is 74.9 Å². The Bertz CT molecular complexity index is 1660. The highest BCUT2D eigenvalue weighted by molar-refractivity contribution is 6.03. The van der Waals surface area contributed by atoms with Crippen LogP contribution in [0.4, 0.5) is 18.9 Å². The van der Waals surface area contributed by atoms with Crippen molar-refractivity contribution in [2.24, 2.45) is 0 Å². The van der Waals surface area contributed by atoms with Crippen molar-refractivity contribution in [1.82, 2.24) is 14.5 Å². The maximum Gasteiger partial charge on any atom is 0.418 e. The number of alkyl halides is 3. The summed E-state index contributed by atoms with van der Waals surface area (Å²) in [5.74, 6) is -1.47. The molecule has 9 nitrogen and oxygen atoms in total. The Labute approximate surface area is 212 Å². The average Bonchev–Trinajstić information content (AvgIpc) is 3.52. The molecular formula is C26H23F3N4O5. The van der Waals surface area contributed by atoms with E-state index >= 15 is 0 Å². The second kappa shape index (κ2) is 9.84. The number of nitrogens with zero attached hydrogens (tertiary/aromatic N) is 2. The van der Waals surface area contributed by atoms with Gasteiger partial charge in [-0.1, -0.05) is 37.1 Å². The summed E-state index contributed by atoms with van der Waals surface area (Å²) < 4.78 is 47.5. The van der Waals surface area contributed by atoms with Crippen LogP contribution in [0.1, 0.15) is 31.2 Å². The molecular weight excluding hydrogens is 505 g/mol. The van der Waals surface area contributed by atoms with Gasteiger partial charge in [-0.3, -0.25) is 19.0 Å². The van der Waals surface area contributed by atoms with Gasteiger partial charge in [-0.15, -0.1) is 0 Å². The predicted octanol–water partition coefficient (Wildman–Crippen LogP) is 3.63. The lowest BCUT2D eigenvalue weighted by Gasteiger charge is -2.16. The number of hydrogen-bond donors (Lipinski definition) is 2. The molecule has 0 unspecified atom stereocenters. The van der Waals surface area contributed by atoms with Gasteiger partial charge in [0.1, 0.15) is 24.2 Å². The third-order valence-electron chi connectivity index (χ3n) is 6.57. The fraction of sp³-hybridized carbons (Fsp3) is 0.308. The molecule has 2 N–H and O–H groups in total. The molecule has 1 aliphatic carbocycles. The largest absolute Gasteiger partial charge is 0.449 e. The minimum absolute atomic E-state index is 0.0160. The number of fused-ring (bicyclic) bond motifs is 3. The zero-order valence-electron chi connectivity index (χ0n) is 20.0. The van der Waals surface area contributed by atoms with Crippen molar-refractivity contribution in [3.63, 3.8) is 0 Å². The van der Waals surface area contributed by atoms with Gasteiger partial charge < -0.3 is 15.1 Å². The van der Waals surface area contributed by atoms with Crippen LogP contribution in [-0.4, -0.2) is 27.0 Å². The number of anilines is 1. The quantitative estimate of drug-likeness (QED) is 0.397. The van der Waals surface area contributed by atoms with E-state index in [9.17, 15) is 32.3 Å². The van der Waals surface area contributed by atoms with Crippen molar-refractivity contribution in [1.29, 1.82) is 0 Å². The first-order valence-corrected chi connectivity index (χ1v) is 12.0. The highest BCUT2D eigenvalue weighted by atomic mass is 19.4. The lowest BCUT2D eigenvalue weighted by Crippen LogP contribution is -2.46. The third kappa shape index (κ3) is 4.81. The van der Waals surface area contributed by atoms with Gasteiger partial charge in [-0.05, 0) is 37.1 Å². The Morgan fingerprint density at radius 2 is 1.58 bits per heavy atom. The fourth-order valence-electron chi connectivity index (χ4n) is 4.84. The first-order chi connectivity index (χ1) is 18.1. The number of benzene rings is 2. The van der Waals surface area contributed by atoms with E-state index in [0.717, 1.165) is 42.4 Å². The van der Waals surface area contributed by atoms with Gasteiger partial charge in [0, 0.05) is 11.4 Å². The Hall–Kier alpha value is -4.35. The maximum absolute atomic E-state index is 13.5. The molecule has 198 valence electrons. The van der Waals surface area contributed by atoms with Gasteiger partial charge in [-0.25, -0.2) is 9.36 Å². The van der Waals surface area contributed by atoms with Gasteiger partial charge in [0.2, 0.25) is 17.4 Å². The summed E-state index contributed by atoms with van der Waals surface area (Å²) in [4.78, 5) is 52.3. The number of aromatic nitrogens is 2. The van der Waals surface area contributed by atoms with Crippen molar-refractivity contribution in [2.75, 3.05) is 5.32 Å². The second-order valence-electron chi connectivity index (χ2n) is 9.18. The monoisotopic (exact) mass is 528 g/mol. The molecule has 1 saturated carbocycles. The van der Waals surface area contributed by atoms with E-state index in [1.54, 1.807) is 24.3 Å². The SMILES string of the molecule is O=C(Cn1c(=O)n(CC(=O)NC2CCCC2)c(=O)c2oc3ccccc3c21)Nc1ccccc1C(F)(F)F. The van der Waals surface area contributed by atoms with Crippen molar-refractivity contribution < 1.29 is 27.2 Å². The van der Waals surface area contributed by atoms with E-state index in [0.29, 0.717) is 9.95 Å². The molecule has 2 amide bonds. The van der Waals surface area contributed by atoms with E-state index in [1.165, 1.54) is 12.1 Å². The first kappa shape index (κ1) is 25.3. The lowest BCUT2D eigenvalue weighted by molar-refractivity contribution is -0.137. The minimum atomic E-state index is -4.71. The van der Waals surface area contributed by atoms with Crippen LogP contribution in [0.25, 0.3) is 22.1 Å². The Morgan fingerprint density at radius 1 is 0.921 bits per heavy atom. The maximum atomic E-state index is 13.5.